The maximum absolute atomic E-state index is 13.5. The molecule has 4 heteroatoms. The van der Waals surface area contributed by atoms with Crippen LogP contribution in [0.3, 0.4) is 0 Å². The number of hydrogen-bond acceptors (Lipinski definition) is 2. The second kappa shape index (κ2) is 3.41. The van der Waals surface area contributed by atoms with E-state index in [0.29, 0.717) is 5.56 Å². The van der Waals surface area contributed by atoms with Gasteiger partial charge in [0.25, 0.3) is 0 Å². The van der Waals surface area contributed by atoms with Crippen molar-refractivity contribution in [3.05, 3.63) is 48.5 Å². The Balaban J connectivity index is 2.22. The number of rotatable bonds is 1. The Morgan fingerprint density at radius 1 is 1.12 bits per heavy atom. The van der Waals surface area contributed by atoms with Gasteiger partial charge in [0.15, 0.2) is 0 Å². The third-order valence-corrected chi connectivity index (χ3v) is 2.48. The molecule has 0 aliphatic rings. The average Bonchev–Trinajstić information content (AvgIpc) is 2.76. The number of nitrogens with zero attached hydrogens (tertiary/aromatic N) is 2. The summed E-state index contributed by atoms with van der Waals surface area (Å²) in [4.78, 5) is 4.20. The van der Waals surface area contributed by atoms with Crippen LogP contribution in [0.2, 0.25) is 0 Å². The SMILES string of the molecule is Fc1ccccc1-c1cnc2cn[nH]c2c1. The number of fused-ring (bicyclic) bond motifs is 1. The molecule has 0 aliphatic carbocycles. The second-order valence-corrected chi connectivity index (χ2v) is 3.51. The van der Waals surface area contributed by atoms with Gasteiger partial charge in [0.05, 0.1) is 11.7 Å². The van der Waals surface area contributed by atoms with Gasteiger partial charge in [-0.15, -0.1) is 0 Å². The lowest BCUT2D eigenvalue weighted by atomic mass is 10.1. The van der Waals surface area contributed by atoms with Crippen molar-refractivity contribution < 1.29 is 4.39 Å². The molecule has 0 aliphatic heterocycles. The summed E-state index contributed by atoms with van der Waals surface area (Å²) in [6.07, 6.45) is 3.29. The largest absolute Gasteiger partial charge is 0.276 e. The van der Waals surface area contributed by atoms with E-state index < -0.39 is 0 Å². The van der Waals surface area contributed by atoms with E-state index in [-0.39, 0.29) is 5.82 Å². The molecule has 0 atom stereocenters. The summed E-state index contributed by atoms with van der Waals surface area (Å²) in [7, 11) is 0. The van der Waals surface area contributed by atoms with Crippen molar-refractivity contribution in [2.45, 2.75) is 0 Å². The van der Waals surface area contributed by atoms with Crippen LogP contribution in [0.25, 0.3) is 22.2 Å². The molecule has 0 radical (unpaired) electrons. The fraction of sp³-hybridized carbons (Fsp3) is 0. The lowest BCUT2D eigenvalue weighted by molar-refractivity contribution is 0.631. The van der Waals surface area contributed by atoms with Gasteiger partial charge < -0.3 is 0 Å². The fourth-order valence-electron chi connectivity index (χ4n) is 1.67. The molecular weight excluding hydrogens is 205 g/mol. The molecular formula is C12H8FN3. The molecule has 2 heterocycles. The van der Waals surface area contributed by atoms with Gasteiger partial charge in [-0.1, -0.05) is 18.2 Å². The van der Waals surface area contributed by atoms with Crippen molar-refractivity contribution in [1.82, 2.24) is 15.2 Å². The Morgan fingerprint density at radius 2 is 2.00 bits per heavy atom. The van der Waals surface area contributed by atoms with Crippen LogP contribution in [0, 0.1) is 5.82 Å². The lowest BCUT2D eigenvalue weighted by Gasteiger charge is -2.02. The van der Waals surface area contributed by atoms with Gasteiger partial charge in [-0.2, -0.15) is 5.10 Å². The fourth-order valence-corrected chi connectivity index (χ4v) is 1.67. The molecule has 16 heavy (non-hydrogen) atoms. The quantitative estimate of drug-likeness (QED) is 0.675. The van der Waals surface area contributed by atoms with Crippen LogP contribution in [-0.2, 0) is 0 Å². The minimum absolute atomic E-state index is 0.247. The number of benzene rings is 1. The van der Waals surface area contributed by atoms with Gasteiger partial charge in [0, 0.05) is 17.3 Å². The van der Waals surface area contributed by atoms with E-state index >= 15 is 0 Å². The number of hydrogen-bond donors (Lipinski definition) is 1. The summed E-state index contributed by atoms with van der Waals surface area (Å²) in [5.74, 6) is -0.247. The average molecular weight is 213 g/mol. The molecule has 0 fully saturated rings. The van der Waals surface area contributed by atoms with Crippen LogP contribution >= 0.6 is 0 Å². The summed E-state index contributed by atoms with van der Waals surface area (Å²) in [5, 5.41) is 6.69. The van der Waals surface area contributed by atoms with Crippen LogP contribution in [0.4, 0.5) is 4.39 Å². The first kappa shape index (κ1) is 9.03. The maximum atomic E-state index is 13.5. The highest BCUT2D eigenvalue weighted by Gasteiger charge is 2.05. The highest BCUT2D eigenvalue weighted by atomic mass is 19.1. The third-order valence-electron chi connectivity index (χ3n) is 2.48. The van der Waals surface area contributed by atoms with Gasteiger partial charge in [-0.25, -0.2) is 4.39 Å². The molecule has 0 saturated heterocycles. The maximum Gasteiger partial charge on any atom is 0.131 e. The van der Waals surface area contributed by atoms with Gasteiger partial charge in [0.2, 0.25) is 0 Å². The van der Waals surface area contributed by atoms with Crippen LogP contribution in [-0.4, -0.2) is 15.2 Å². The zero-order valence-corrected chi connectivity index (χ0v) is 8.31. The summed E-state index contributed by atoms with van der Waals surface area (Å²) in [6.45, 7) is 0. The van der Waals surface area contributed by atoms with E-state index in [1.54, 1.807) is 30.6 Å². The topological polar surface area (TPSA) is 41.6 Å². The Labute approximate surface area is 91.0 Å². The van der Waals surface area contributed by atoms with Gasteiger partial charge >= 0.3 is 0 Å². The molecule has 0 amide bonds. The summed E-state index contributed by atoms with van der Waals surface area (Å²) in [6, 6.07) is 8.48. The number of nitrogens with one attached hydrogen (secondary N) is 1. The number of aromatic amines is 1. The van der Waals surface area contributed by atoms with Crippen LogP contribution in [0.15, 0.2) is 42.7 Å². The zero-order valence-electron chi connectivity index (χ0n) is 8.31. The van der Waals surface area contributed by atoms with E-state index in [2.05, 4.69) is 15.2 Å². The standard InChI is InChI=1S/C12H8FN3/c13-10-4-2-1-3-9(10)8-5-11-12(14-6-8)7-15-16-11/h1-7H,(H,15,16). The van der Waals surface area contributed by atoms with E-state index in [4.69, 9.17) is 0 Å². The lowest BCUT2D eigenvalue weighted by Crippen LogP contribution is -1.85. The minimum atomic E-state index is -0.247. The predicted molar refractivity (Wildman–Crippen MR) is 59.3 cm³/mol. The zero-order chi connectivity index (χ0) is 11.0. The molecule has 3 rings (SSSR count). The smallest absolute Gasteiger partial charge is 0.131 e. The first-order valence-electron chi connectivity index (χ1n) is 4.88. The third kappa shape index (κ3) is 1.35. The van der Waals surface area contributed by atoms with E-state index in [1.807, 2.05) is 6.07 Å². The molecule has 0 bridgehead atoms. The highest BCUT2D eigenvalue weighted by Crippen LogP contribution is 2.23. The molecule has 0 saturated carbocycles. The van der Waals surface area contributed by atoms with Crippen molar-refractivity contribution in [1.29, 1.82) is 0 Å². The number of halogens is 1. The van der Waals surface area contributed by atoms with Crippen molar-refractivity contribution in [2.24, 2.45) is 0 Å². The minimum Gasteiger partial charge on any atom is -0.276 e. The monoisotopic (exact) mass is 213 g/mol. The Hall–Kier alpha value is -2.23. The van der Waals surface area contributed by atoms with Crippen molar-refractivity contribution in [3.63, 3.8) is 0 Å². The normalized spacial score (nSPS) is 10.8. The van der Waals surface area contributed by atoms with Crippen LogP contribution < -0.4 is 0 Å². The van der Waals surface area contributed by atoms with Crippen molar-refractivity contribution in [3.8, 4) is 11.1 Å². The Bertz CT molecular complexity index is 645. The van der Waals surface area contributed by atoms with Crippen LogP contribution in [0.1, 0.15) is 0 Å². The first-order chi connectivity index (χ1) is 7.84. The highest BCUT2D eigenvalue weighted by molar-refractivity contribution is 5.79. The molecule has 3 aromatic rings. The number of H-pyrrole nitrogens is 1. The Morgan fingerprint density at radius 3 is 2.88 bits per heavy atom. The van der Waals surface area contributed by atoms with Crippen LogP contribution in [0.5, 0.6) is 0 Å². The predicted octanol–water partition coefficient (Wildman–Crippen LogP) is 2.76. The van der Waals surface area contributed by atoms with Crippen molar-refractivity contribution >= 4 is 11.0 Å². The number of aromatic nitrogens is 3. The first-order valence-corrected chi connectivity index (χ1v) is 4.88. The van der Waals surface area contributed by atoms with E-state index in [0.717, 1.165) is 16.6 Å². The molecule has 3 nitrogen and oxygen atoms in total. The second-order valence-electron chi connectivity index (χ2n) is 3.51. The van der Waals surface area contributed by atoms with Gasteiger partial charge in [-0.05, 0) is 12.1 Å². The molecule has 1 N–H and O–H groups in total. The molecule has 2 aromatic heterocycles. The van der Waals surface area contributed by atoms with E-state index in [9.17, 15) is 4.39 Å². The molecule has 78 valence electrons. The molecule has 1 aromatic carbocycles. The van der Waals surface area contributed by atoms with Gasteiger partial charge in [-0.3, -0.25) is 10.1 Å². The summed E-state index contributed by atoms with van der Waals surface area (Å²) < 4.78 is 13.5. The van der Waals surface area contributed by atoms with Crippen molar-refractivity contribution in [2.75, 3.05) is 0 Å². The Kier molecular flexibility index (Phi) is 1.93. The summed E-state index contributed by atoms with van der Waals surface area (Å²) >= 11 is 0. The van der Waals surface area contributed by atoms with Gasteiger partial charge in [0.1, 0.15) is 11.3 Å². The molecule has 0 unspecified atom stereocenters. The summed E-state index contributed by atoms with van der Waals surface area (Å²) in [5.41, 5.74) is 2.88. The number of pyridine rings is 1. The molecule has 0 spiro atoms. The van der Waals surface area contributed by atoms with E-state index in [1.165, 1.54) is 6.07 Å².